The Morgan fingerprint density at radius 2 is 1.85 bits per heavy atom. The molecule has 3 aromatic heterocycles. The van der Waals surface area contributed by atoms with Crippen LogP contribution in [0.2, 0.25) is 0 Å². The number of aryl methyl sites for hydroxylation is 1. The first-order chi connectivity index (χ1) is 23.2. The van der Waals surface area contributed by atoms with Crippen LogP contribution in [0.4, 0.5) is 4.39 Å². The van der Waals surface area contributed by atoms with Crippen molar-refractivity contribution >= 4 is 27.5 Å². The first kappa shape index (κ1) is 32.0. The quantitative estimate of drug-likeness (QED) is 0.199. The summed E-state index contributed by atoms with van der Waals surface area (Å²) >= 11 is 1.26. The lowest BCUT2D eigenvalue weighted by atomic mass is 9.91. The Hall–Kier alpha value is -4.59. The average Bonchev–Trinajstić information content (AvgIpc) is 3.80. The van der Waals surface area contributed by atoms with E-state index in [1.54, 1.807) is 30.2 Å². The number of carbonyl (C=O) groups excluding carboxylic acids is 1. The number of likely N-dealkylation sites (tertiary alicyclic amines) is 1. The SMILES string of the molecule is COc1ccc(F)cc1[C@H](Cn1c(=O)n([C@@H]2CCN(C)C2=O)c(=O)c2c(C)c(-n3cccn3)sc21)OC1CC(OCc2ccccc2)C1. The van der Waals surface area contributed by atoms with E-state index in [2.05, 4.69) is 5.10 Å². The van der Waals surface area contributed by atoms with Gasteiger partial charge in [0, 0.05) is 50.0 Å². The second kappa shape index (κ2) is 13.1. The van der Waals surface area contributed by atoms with Crippen molar-refractivity contribution < 1.29 is 23.4 Å². The Balaban J connectivity index is 1.29. The lowest BCUT2D eigenvalue weighted by Gasteiger charge is -2.37. The Morgan fingerprint density at radius 3 is 2.54 bits per heavy atom. The molecule has 4 heterocycles. The monoisotopic (exact) mass is 673 g/mol. The van der Waals surface area contributed by atoms with Crippen LogP contribution in [0.25, 0.3) is 15.2 Å². The van der Waals surface area contributed by atoms with Crippen molar-refractivity contribution in [1.82, 2.24) is 23.8 Å². The molecular weight excluding hydrogens is 637 g/mol. The van der Waals surface area contributed by atoms with E-state index in [0.29, 0.717) is 64.5 Å². The number of hydrogen-bond acceptors (Lipinski definition) is 8. The van der Waals surface area contributed by atoms with Crippen molar-refractivity contribution in [3.63, 3.8) is 0 Å². The van der Waals surface area contributed by atoms with Crippen LogP contribution in [0.1, 0.15) is 48.1 Å². The lowest BCUT2D eigenvalue weighted by molar-refractivity contribution is -0.134. The van der Waals surface area contributed by atoms with Crippen molar-refractivity contribution in [2.45, 2.75) is 63.7 Å². The van der Waals surface area contributed by atoms with Crippen LogP contribution < -0.4 is 16.0 Å². The number of aromatic nitrogens is 4. The molecule has 0 spiro atoms. The van der Waals surface area contributed by atoms with Gasteiger partial charge in [0.25, 0.3) is 5.56 Å². The number of thiophene rings is 1. The van der Waals surface area contributed by atoms with Gasteiger partial charge in [-0.25, -0.2) is 18.4 Å². The molecule has 1 saturated carbocycles. The molecule has 250 valence electrons. The summed E-state index contributed by atoms with van der Waals surface area (Å²) in [5.41, 5.74) is 1.00. The van der Waals surface area contributed by atoms with Crippen LogP contribution in [-0.4, -0.2) is 62.6 Å². The Kier molecular flexibility index (Phi) is 8.75. The van der Waals surface area contributed by atoms with Crippen molar-refractivity contribution in [1.29, 1.82) is 0 Å². The summed E-state index contributed by atoms with van der Waals surface area (Å²) in [5, 5.41) is 5.36. The summed E-state index contributed by atoms with van der Waals surface area (Å²) in [4.78, 5) is 43.7. The summed E-state index contributed by atoms with van der Waals surface area (Å²) in [6.07, 6.45) is 3.90. The van der Waals surface area contributed by atoms with Crippen LogP contribution >= 0.6 is 11.3 Å². The number of fused-ring (bicyclic) bond motifs is 1. The Labute approximate surface area is 279 Å². The molecule has 0 bridgehead atoms. The topological polar surface area (TPSA) is 110 Å². The van der Waals surface area contributed by atoms with Crippen LogP contribution in [0.5, 0.6) is 5.75 Å². The molecule has 2 aromatic carbocycles. The number of likely N-dealkylation sites (N-methyl/N-ethyl adjacent to an activating group) is 1. The van der Waals surface area contributed by atoms with E-state index >= 15 is 0 Å². The summed E-state index contributed by atoms with van der Waals surface area (Å²) in [6, 6.07) is 15.0. The molecule has 1 aliphatic carbocycles. The van der Waals surface area contributed by atoms with E-state index in [0.717, 1.165) is 10.1 Å². The number of benzene rings is 2. The molecule has 0 unspecified atom stereocenters. The first-order valence-corrected chi connectivity index (χ1v) is 16.7. The predicted octanol–water partition coefficient (Wildman–Crippen LogP) is 4.78. The molecular formula is C35H36FN5O6S. The van der Waals surface area contributed by atoms with E-state index in [4.69, 9.17) is 14.2 Å². The third-order valence-electron chi connectivity index (χ3n) is 9.27. The van der Waals surface area contributed by atoms with E-state index in [1.165, 1.54) is 46.1 Å². The van der Waals surface area contributed by atoms with Crippen molar-refractivity contribution in [2.75, 3.05) is 20.7 Å². The van der Waals surface area contributed by atoms with Crippen LogP contribution in [0.3, 0.4) is 0 Å². The highest BCUT2D eigenvalue weighted by atomic mass is 32.1. The second-order valence-electron chi connectivity index (χ2n) is 12.3. The zero-order valence-electron chi connectivity index (χ0n) is 26.9. The summed E-state index contributed by atoms with van der Waals surface area (Å²) in [6.45, 7) is 2.67. The van der Waals surface area contributed by atoms with Gasteiger partial charge < -0.3 is 19.1 Å². The first-order valence-electron chi connectivity index (χ1n) is 15.9. The fraction of sp³-hybridized carbons (Fsp3) is 0.371. The van der Waals surface area contributed by atoms with E-state index in [9.17, 15) is 18.8 Å². The van der Waals surface area contributed by atoms with Gasteiger partial charge in [0.1, 0.15) is 33.5 Å². The molecule has 2 aliphatic rings. The van der Waals surface area contributed by atoms with Gasteiger partial charge in [-0.2, -0.15) is 5.10 Å². The smallest absolute Gasteiger partial charge is 0.332 e. The maximum Gasteiger partial charge on any atom is 0.332 e. The summed E-state index contributed by atoms with van der Waals surface area (Å²) < 4.78 is 37.4. The molecule has 1 aliphatic heterocycles. The minimum Gasteiger partial charge on any atom is -0.496 e. The molecule has 0 N–H and O–H groups in total. The highest BCUT2D eigenvalue weighted by molar-refractivity contribution is 7.21. The highest BCUT2D eigenvalue weighted by Gasteiger charge is 2.37. The maximum absolute atomic E-state index is 14.8. The lowest BCUT2D eigenvalue weighted by Crippen LogP contribution is -2.45. The Bertz CT molecular complexity index is 2070. The molecule has 7 rings (SSSR count). The third-order valence-corrected chi connectivity index (χ3v) is 10.6. The number of hydrogen-bond donors (Lipinski definition) is 0. The van der Waals surface area contributed by atoms with Gasteiger partial charge in [0.05, 0.1) is 37.9 Å². The number of ether oxygens (including phenoxy) is 3. The minimum atomic E-state index is -0.935. The molecule has 11 nitrogen and oxygen atoms in total. The zero-order chi connectivity index (χ0) is 33.5. The number of methoxy groups -OCH3 is 1. The van der Waals surface area contributed by atoms with Crippen LogP contribution in [-0.2, 0) is 27.4 Å². The van der Waals surface area contributed by atoms with Crippen molar-refractivity contribution in [2.24, 2.45) is 0 Å². The molecule has 5 aromatic rings. The highest BCUT2D eigenvalue weighted by Crippen LogP contribution is 2.38. The van der Waals surface area contributed by atoms with Crippen LogP contribution in [0, 0.1) is 12.7 Å². The number of halogens is 1. The van der Waals surface area contributed by atoms with Crippen molar-refractivity contribution in [3.05, 3.63) is 110 Å². The van der Waals surface area contributed by atoms with Crippen LogP contribution in [0.15, 0.2) is 76.6 Å². The van der Waals surface area contributed by atoms with Gasteiger partial charge in [-0.15, -0.1) is 0 Å². The predicted molar refractivity (Wildman–Crippen MR) is 178 cm³/mol. The fourth-order valence-corrected chi connectivity index (χ4v) is 7.81. The third kappa shape index (κ3) is 5.86. The van der Waals surface area contributed by atoms with Gasteiger partial charge in [-0.05, 0) is 43.2 Å². The molecule has 13 heteroatoms. The van der Waals surface area contributed by atoms with E-state index in [-0.39, 0.29) is 24.7 Å². The molecule has 2 atom stereocenters. The van der Waals surface area contributed by atoms with Gasteiger partial charge in [0.2, 0.25) is 5.91 Å². The second-order valence-corrected chi connectivity index (χ2v) is 13.3. The van der Waals surface area contributed by atoms with Gasteiger partial charge in [-0.1, -0.05) is 41.7 Å². The number of carbonyl (C=O) groups is 1. The fourth-order valence-electron chi connectivity index (χ4n) is 6.56. The van der Waals surface area contributed by atoms with Crippen molar-refractivity contribution in [3.8, 4) is 10.8 Å². The zero-order valence-corrected chi connectivity index (χ0v) is 27.7. The summed E-state index contributed by atoms with van der Waals surface area (Å²) in [7, 11) is 3.15. The minimum absolute atomic E-state index is 0.0106. The molecule has 2 fully saturated rings. The number of amides is 1. The molecule has 1 amide bonds. The normalized spacial score (nSPS) is 20.0. The number of nitrogens with zero attached hydrogens (tertiary/aromatic N) is 5. The number of rotatable bonds is 11. The molecule has 48 heavy (non-hydrogen) atoms. The van der Waals surface area contributed by atoms with Gasteiger partial charge in [-0.3, -0.25) is 14.2 Å². The standard InChI is InChI=1S/C35H36FN5O6S/c1-21-30-32(43)41(27-12-15-38(2)31(27)42)35(44)39(34(30)48-33(21)40-14-7-13-37-40)19-29(26-16-23(36)10-11-28(26)45-3)47-25-17-24(18-25)46-20-22-8-5-4-6-9-22/h4-11,13-14,16,24-25,27,29H,12,15,17-20H2,1-3H3/t24?,25?,27-,29+/m1/s1. The largest absolute Gasteiger partial charge is 0.496 e. The van der Waals surface area contributed by atoms with Gasteiger partial charge in [0.15, 0.2) is 0 Å². The average molecular weight is 674 g/mol. The summed E-state index contributed by atoms with van der Waals surface area (Å²) in [5.74, 6) is -0.370. The van der Waals surface area contributed by atoms with Gasteiger partial charge >= 0.3 is 5.69 Å². The van der Waals surface area contributed by atoms with E-state index < -0.39 is 29.2 Å². The molecule has 1 saturated heterocycles. The maximum atomic E-state index is 14.8. The van der Waals surface area contributed by atoms with E-state index in [1.807, 2.05) is 37.3 Å². The Morgan fingerprint density at radius 1 is 1.06 bits per heavy atom. The molecule has 0 radical (unpaired) electrons.